The van der Waals surface area contributed by atoms with E-state index in [-0.39, 0.29) is 0 Å². The summed E-state index contributed by atoms with van der Waals surface area (Å²) < 4.78 is 1.16. The Morgan fingerprint density at radius 3 is 2.45 bits per heavy atom. The normalized spacial score (nSPS) is 14.8. The van der Waals surface area contributed by atoms with E-state index in [1.54, 1.807) is 0 Å². The lowest BCUT2D eigenvalue weighted by molar-refractivity contribution is 0.188. The van der Waals surface area contributed by atoms with Crippen LogP contribution in [-0.2, 0) is 6.54 Å². The molecule has 2 atom stereocenters. The van der Waals surface area contributed by atoms with E-state index in [1.165, 1.54) is 5.56 Å². The summed E-state index contributed by atoms with van der Waals surface area (Å²) >= 11 is 3.54. The molecule has 0 heterocycles. The highest BCUT2D eigenvalue weighted by atomic mass is 79.9. The minimum Gasteiger partial charge on any atom is -0.316 e. The zero-order valence-electron chi connectivity index (χ0n) is 13.5. The second kappa shape index (κ2) is 8.81. The molecule has 0 amide bonds. The molecular formula is C17H29BrN2. The molecule has 0 bridgehead atoms. The summed E-state index contributed by atoms with van der Waals surface area (Å²) in [6, 6.07) is 9.13. The molecule has 1 aromatic carbocycles. The van der Waals surface area contributed by atoms with Gasteiger partial charge in [-0.2, -0.15) is 0 Å². The van der Waals surface area contributed by atoms with Crippen LogP contribution in [0, 0.1) is 11.8 Å². The minimum atomic E-state index is 0.564. The molecule has 1 rings (SSSR count). The van der Waals surface area contributed by atoms with Crippen molar-refractivity contribution in [2.75, 3.05) is 20.1 Å². The van der Waals surface area contributed by atoms with Crippen LogP contribution in [0.25, 0.3) is 0 Å². The number of benzene rings is 1. The molecular weight excluding hydrogens is 312 g/mol. The monoisotopic (exact) mass is 340 g/mol. The Balaban J connectivity index is 2.43. The molecule has 0 fully saturated rings. The van der Waals surface area contributed by atoms with Gasteiger partial charge in [0.15, 0.2) is 0 Å². The molecule has 2 unspecified atom stereocenters. The Hall–Kier alpha value is -0.380. The molecule has 1 aromatic rings. The van der Waals surface area contributed by atoms with Gasteiger partial charge in [0.2, 0.25) is 0 Å². The number of hydrogen-bond acceptors (Lipinski definition) is 2. The lowest BCUT2D eigenvalue weighted by Crippen LogP contribution is -2.39. The highest BCUT2D eigenvalue weighted by molar-refractivity contribution is 9.10. The Kier molecular flexibility index (Phi) is 7.78. The zero-order chi connectivity index (χ0) is 15.1. The molecule has 0 spiro atoms. The van der Waals surface area contributed by atoms with Crippen molar-refractivity contribution >= 4 is 15.9 Å². The van der Waals surface area contributed by atoms with Crippen molar-refractivity contribution < 1.29 is 0 Å². The van der Waals surface area contributed by atoms with Crippen LogP contribution in [0.15, 0.2) is 28.7 Å². The van der Waals surface area contributed by atoms with Gasteiger partial charge in [-0.25, -0.2) is 0 Å². The number of nitrogens with zero attached hydrogens (tertiary/aromatic N) is 1. The van der Waals surface area contributed by atoms with Crippen LogP contribution in [0.2, 0.25) is 0 Å². The fourth-order valence-corrected chi connectivity index (χ4v) is 2.72. The number of hydrogen-bond donors (Lipinski definition) is 1. The molecule has 2 nitrogen and oxygen atoms in total. The topological polar surface area (TPSA) is 15.3 Å². The van der Waals surface area contributed by atoms with Gasteiger partial charge in [0.1, 0.15) is 0 Å². The van der Waals surface area contributed by atoms with Crippen molar-refractivity contribution in [2.24, 2.45) is 11.8 Å². The quantitative estimate of drug-likeness (QED) is 0.764. The predicted octanol–water partition coefficient (Wildman–Crippen LogP) is 4.15. The van der Waals surface area contributed by atoms with Crippen molar-refractivity contribution in [3.8, 4) is 0 Å². The summed E-state index contributed by atoms with van der Waals surface area (Å²) in [6.45, 7) is 12.3. The fraction of sp³-hybridized carbons (Fsp3) is 0.647. The van der Waals surface area contributed by atoms with Gasteiger partial charge in [-0.1, -0.05) is 48.8 Å². The van der Waals surface area contributed by atoms with Crippen molar-refractivity contribution in [3.05, 3.63) is 34.3 Å². The van der Waals surface area contributed by atoms with E-state index in [9.17, 15) is 0 Å². The van der Waals surface area contributed by atoms with Crippen LogP contribution in [0.1, 0.15) is 33.3 Å². The van der Waals surface area contributed by atoms with Crippen molar-refractivity contribution in [3.63, 3.8) is 0 Å². The van der Waals surface area contributed by atoms with Crippen LogP contribution in [0.4, 0.5) is 0 Å². The Morgan fingerprint density at radius 1 is 1.15 bits per heavy atom. The standard InChI is InChI=1S/C17H29BrN2/c1-13(2)10-19-11-14(3)15(4)20(5)12-16-7-6-8-17(18)9-16/h6-9,13-15,19H,10-12H2,1-5H3. The summed E-state index contributed by atoms with van der Waals surface area (Å²) in [7, 11) is 2.21. The summed E-state index contributed by atoms with van der Waals surface area (Å²) in [5, 5.41) is 3.56. The predicted molar refractivity (Wildman–Crippen MR) is 91.9 cm³/mol. The molecule has 3 heteroatoms. The lowest BCUT2D eigenvalue weighted by atomic mass is 10.0. The van der Waals surface area contributed by atoms with Gasteiger partial charge in [-0.15, -0.1) is 0 Å². The third-order valence-electron chi connectivity index (χ3n) is 3.86. The van der Waals surface area contributed by atoms with Crippen LogP contribution >= 0.6 is 15.9 Å². The zero-order valence-corrected chi connectivity index (χ0v) is 15.1. The van der Waals surface area contributed by atoms with E-state index in [2.05, 4.69) is 85.2 Å². The van der Waals surface area contributed by atoms with Gasteiger partial charge in [0, 0.05) is 17.1 Å². The van der Waals surface area contributed by atoms with E-state index in [4.69, 9.17) is 0 Å². The Bertz CT molecular complexity index is 392. The number of nitrogens with one attached hydrogen (secondary N) is 1. The van der Waals surface area contributed by atoms with Crippen LogP contribution in [0.3, 0.4) is 0 Å². The SMILES string of the molecule is CC(C)CNCC(C)C(C)N(C)Cc1cccc(Br)c1. The molecule has 0 aromatic heterocycles. The maximum atomic E-state index is 3.56. The van der Waals surface area contributed by atoms with E-state index < -0.39 is 0 Å². The third-order valence-corrected chi connectivity index (χ3v) is 4.35. The van der Waals surface area contributed by atoms with Gasteiger partial charge < -0.3 is 5.32 Å². The van der Waals surface area contributed by atoms with Gasteiger partial charge in [0.05, 0.1) is 0 Å². The first-order chi connectivity index (χ1) is 9.40. The minimum absolute atomic E-state index is 0.564. The van der Waals surface area contributed by atoms with Crippen molar-refractivity contribution in [1.29, 1.82) is 0 Å². The molecule has 0 saturated carbocycles. The Morgan fingerprint density at radius 2 is 1.85 bits per heavy atom. The largest absolute Gasteiger partial charge is 0.316 e. The van der Waals surface area contributed by atoms with E-state index in [0.717, 1.165) is 30.0 Å². The fourth-order valence-electron chi connectivity index (χ4n) is 2.27. The number of halogens is 1. The van der Waals surface area contributed by atoms with Gasteiger partial charge >= 0.3 is 0 Å². The average molecular weight is 341 g/mol. The van der Waals surface area contributed by atoms with E-state index in [1.807, 2.05) is 0 Å². The summed E-state index contributed by atoms with van der Waals surface area (Å²) in [5.74, 6) is 1.36. The van der Waals surface area contributed by atoms with E-state index >= 15 is 0 Å². The molecule has 0 aliphatic rings. The van der Waals surface area contributed by atoms with Crippen molar-refractivity contribution in [1.82, 2.24) is 10.2 Å². The second-order valence-electron chi connectivity index (χ2n) is 6.32. The molecule has 114 valence electrons. The van der Waals surface area contributed by atoms with E-state index in [0.29, 0.717) is 12.0 Å². The number of rotatable bonds is 8. The summed E-state index contributed by atoms with van der Waals surface area (Å²) in [6.07, 6.45) is 0. The lowest BCUT2D eigenvalue weighted by Gasteiger charge is -2.30. The average Bonchev–Trinajstić information content (AvgIpc) is 2.37. The maximum absolute atomic E-state index is 3.56. The molecule has 20 heavy (non-hydrogen) atoms. The molecule has 0 aliphatic heterocycles. The van der Waals surface area contributed by atoms with Crippen LogP contribution in [-0.4, -0.2) is 31.1 Å². The summed E-state index contributed by atoms with van der Waals surface area (Å²) in [5.41, 5.74) is 1.36. The summed E-state index contributed by atoms with van der Waals surface area (Å²) in [4.78, 5) is 2.43. The molecule has 0 radical (unpaired) electrons. The van der Waals surface area contributed by atoms with Crippen LogP contribution in [0.5, 0.6) is 0 Å². The van der Waals surface area contributed by atoms with Gasteiger partial charge in [-0.3, -0.25) is 4.90 Å². The first-order valence-corrected chi connectivity index (χ1v) is 8.34. The maximum Gasteiger partial charge on any atom is 0.0234 e. The highest BCUT2D eigenvalue weighted by Crippen LogP contribution is 2.16. The highest BCUT2D eigenvalue weighted by Gasteiger charge is 2.17. The molecule has 0 saturated heterocycles. The third kappa shape index (κ3) is 6.38. The molecule has 0 aliphatic carbocycles. The first kappa shape index (κ1) is 17.7. The first-order valence-electron chi connectivity index (χ1n) is 7.55. The molecule has 1 N–H and O–H groups in total. The van der Waals surface area contributed by atoms with Crippen molar-refractivity contribution in [2.45, 2.75) is 40.3 Å². The smallest absolute Gasteiger partial charge is 0.0234 e. The van der Waals surface area contributed by atoms with Crippen LogP contribution < -0.4 is 5.32 Å². The van der Waals surface area contributed by atoms with Gasteiger partial charge in [-0.05, 0) is 56.6 Å². The van der Waals surface area contributed by atoms with Gasteiger partial charge in [0.25, 0.3) is 0 Å². The second-order valence-corrected chi connectivity index (χ2v) is 7.23. The Labute approximate surface area is 133 Å².